The number of nitrogens with one attached hydrogen (secondary N) is 1. The van der Waals surface area contributed by atoms with Crippen molar-refractivity contribution < 1.29 is 4.79 Å². The van der Waals surface area contributed by atoms with E-state index in [1.807, 2.05) is 54.6 Å². The summed E-state index contributed by atoms with van der Waals surface area (Å²) in [7, 11) is 0. The standard InChI is InChI=1S/C19H20N4O/c20-13-6-14-23(15-7-2-1-3-8-15)19(24)12-11-18-16-9-4-5-10-17(16)21-22-18/h1-5,7-12H,6,13-14,20H2,(H,21,22)/b12-11+. The van der Waals surface area contributed by atoms with Gasteiger partial charge in [-0.1, -0.05) is 36.4 Å². The van der Waals surface area contributed by atoms with Crippen molar-refractivity contribution >= 4 is 28.6 Å². The molecule has 0 saturated heterocycles. The predicted molar refractivity (Wildman–Crippen MR) is 97.6 cm³/mol. The van der Waals surface area contributed by atoms with E-state index in [0.717, 1.165) is 28.7 Å². The molecule has 3 aromatic rings. The number of amides is 1. The molecule has 1 aromatic heterocycles. The van der Waals surface area contributed by atoms with E-state index in [2.05, 4.69) is 10.2 Å². The van der Waals surface area contributed by atoms with Gasteiger partial charge in [0.15, 0.2) is 0 Å². The van der Waals surface area contributed by atoms with Gasteiger partial charge in [0.25, 0.3) is 5.91 Å². The fraction of sp³-hybridized carbons (Fsp3) is 0.158. The summed E-state index contributed by atoms with van der Waals surface area (Å²) in [5.74, 6) is -0.0817. The van der Waals surface area contributed by atoms with Gasteiger partial charge in [-0.3, -0.25) is 9.89 Å². The SMILES string of the molecule is NCCCN(C(=O)/C=C/c1n[nH]c2ccccc12)c1ccccc1. The topological polar surface area (TPSA) is 75.0 Å². The first kappa shape index (κ1) is 16.0. The lowest BCUT2D eigenvalue weighted by Gasteiger charge is -2.21. The number of aromatic nitrogens is 2. The third-order valence-electron chi connectivity index (χ3n) is 3.80. The monoisotopic (exact) mass is 320 g/mol. The van der Waals surface area contributed by atoms with Crippen LogP contribution < -0.4 is 10.6 Å². The minimum absolute atomic E-state index is 0.0817. The highest BCUT2D eigenvalue weighted by Crippen LogP contribution is 2.18. The molecule has 1 amide bonds. The number of hydrogen-bond donors (Lipinski definition) is 2. The van der Waals surface area contributed by atoms with Crippen molar-refractivity contribution in [2.24, 2.45) is 5.73 Å². The molecule has 24 heavy (non-hydrogen) atoms. The molecule has 0 aliphatic carbocycles. The summed E-state index contributed by atoms with van der Waals surface area (Å²) in [6.45, 7) is 1.13. The minimum Gasteiger partial charge on any atom is -0.330 e. The van der Waals surface area contributed by atoms with Crippen molar-refractivity contribution in [3.63, 3.8) is 0 Å². The van der Waals surface area contributed by atoms with E-state index >= 15 is 0 Å². The number of rotatable bonds is 6. The molecule has 0 fully saturated rings. The number of fused-ring (bicyclic) bond motifs is 1. The van der Waals surface area contributed by atoms with Gasteiger partial charge in [0, 0.05) is 23.7 Å². The smallest absolute Gasteiger partial charge is 0.251 e. The van der Waals surface area contributed by atoms with Gasteiger partial charge in [-0.2, -0.15) is 5.10 Å². The minimum atomic E-state index is -0.0817. The molecule has 0 unspecified atom stereocenters. The first-order valence-electron chi connectivity index (χ1n) is 7.97. The van der Waals surface area contributed by atoms with Crippen LogP contribution >= 0.6 is 0 Å². The number of benzene rings is 2. The van der Waals surface area contributed by atoms with E-state index in [0.29, 0.717) is 13.1 Å². The van der Waals surface area contributed by atoms with Gasteiger partial charge in [0.1, 0.15) is 0 Å². The van der Waals surface area contributed by atoms with E-state index in [1.54, 1.807) is 17.1 Å². The first-order chi connectivity index (χ1) is 11.8. The van der Waals surface area contributed by atoms with Crippen molar-refractivity contribution in [3.05, 3.63) is 66.4 Å². The average Bonchev–Trinajstić information content (AvgIpc) is 3.04. The third kappa shape index (κ3) is 3.52. The summed E-state index contributed by atoms with van der Waals surface area (Å²) in [6.07, 6.45) is 4.06. The van der Waals surface area contributed by atoms with Gasteiger partial charge < -0.3 is 10.6 Å². The van der Waals surface area contributed by atoms with Crippen LogP contribution in [0.25, 0.3) is 17.0 Å². The Bertz CT molecular complexity index is 839. The van der Waals surface area contributed by atoms with Crippen molar-refractivity contribution in [3.8, 4) is 0 Å². The number of anilines is 1. The molecule has 0 aliphatic rings. The van der Waals surface area contributed by atoms with Crippen LogP contribution in [0.4, 0.5) is 5.69 Å². The Labute approximate surface area is 140 Å². The molecule has 0 spiro atoms. The van der Waals surface area contributed by atoms with Crippen LogP contribution in [0.2, 0.25) is 0 Å². The Morgan fingerprint density at radius 2 is 1.88 bits per heavy atom. The Kier molecular flexibility index (Phi) is 5.03. The number of H-pyrrole nitrogens is 1. The molecule has 3 N–H and O–H groups in total. The van der Waals surface area contributed by atoms with E-state index < -0.39 is 0 Å². The summed E-state index contributed by atoms with van der Waals surface area (Å²) in [6, 6.07) is 17.5. The molecule has 5 nitrogen and oxygen atoms in total. The number of carbonyl (C=O) groups is 1. The molecule has 0 radical (unpaired) electrons. The molecule has 0 bridgehead atoms. The maximum absolute atomic E-state index is 12.6. The fourth-order valence-corrected chi connectivity index (χ4v) is 2.58. The summed E-state index contributed by atoms with van der Waals surface area (Å²) < 4.78 is 0. The molecule has 0 atom stereocenters. The first-order valence-corrected chi connectivity index (χ1v) is 7.97. The zero-order valence-corrected chi connectivity index (χ0v) is 13.4. The predicted octanol–water partition coefficient (Wildman–Crippen LogP) is 2.96. The molecule has 2 aromatic carbocycles. The lowest BCUT2D eigenvalue weighted by Crippen LogP contribution is -2.31. The van der Waals surface area contributed by atoms with Crippen molar-refractivity contribution in [2.75, 3.05) is 18.0 Å². The second-order valence-electron chi connectivity index (χ2n) is 5.46. The van der Waals surface area contributed by atoms with E-state index in [1.165, 1.54) is 0 Å². The van der Waals surface area contributed by atoms with Crippen molar-refractivity contribution in [1.29, 1.82) is 0 Å². The Hall–Kier alpha value is -2.92. The Morgan fingerprint density at radius 1 is 1.12 bits per heavy atom. The van der Waals surface area contributed by atoms with Crippen LogP contribution in [0.1, 0.15) is 12.1 Å². The molecule has 1 heterocycles. The number of para-hydroxylation sites is 2. The molecular formula is C19H20N4O. The van der Waals surface area contributed by atoms with Crippen molar-refractivity contribution in [1.82, 2.24) is 10.2 Å². The molecule has 0 aliphatic heterocycles. The fourth-order valence-electron chi connectivity index (χ4n) is 2.58. The summed E-state index contributed by atoms with van der Waals surface area (Å²) in [5, 5.41) is 8.22. The van der Waals surface area contributed by atoms with E-state index in [-0.39, 0.29) is 5.91 Å². The van der Waals surface area contributed by atoms with E-state index in [9.17, 15) is 4.79 Å². The lowest BCUT2D eigenvalue weighted by atomic mass is 10.2. The van der Waals surface area contributed by atoms with Crippen LogP contribution in [-0.2, 0) is 4.79 Å². The van der Waals surface area contributed by atoms with Crippen molar-refractivity contribution in [2.45, 2.75) is 6.42 Å². The lowest BCUT2D eigenvalue weighted by molar-refractivity contribution is -0.114. The highest BCUT2D eigenvalue weighted by Gasteiger charge is 2.12. The second kappa shape index (κ2) is 7.57. The Balaban J connectivity index is 1.82. The normalized spacial score (nSPS) is 11.2. The number of hydrogen-bond acceptors (Lipinski definition) is 3. The Morgan fingerprint density at radius 3 is 2.67 bits per heavy atom. The zero-order chi connectivity index (χ0) is 16.8. The molecule has 3 rings (SSSR count). The molecule has 0 saturated carbocycles. The van der Waals surface area contributed by atoms with Crippen LogP contribution in [0.3, 0.4) is 0 Å². The highest BCUT2D eigenvalue weighted by molar-refractivity contribution is 6.04. The van der Waals surface area contributed by atoms with Gasteiger partial charge in [-0.15, -0.1) is 0 Å². The van der Waals surface area contributed by atoms with E-state index in [4.69, 9.17) is 5.73 Å². The van der Waals surface area contributed by atoms with Gasteiger partial charge in [-0.25, -0.2) is 0 Å². The van der Waals surface area contributed by atoms with Crippen LogP contribution in [-0.4, -0.2) is 29.2 Å². The van der Waals surface area contributed by atoms with Gasteiger partial charge in [0.2, 0.25) is 0 Å². The van der Waals surface area contributed by atoms with Gasteiger partial charge in [-0.05, 0) is 37.2 Å². The number of aromatic amines is 1. The number of nitrogens with two attached hydrogens (primary N) is 1. The summed E-state index contributed by atoms with van der Waals surface area (Å²) in [4.78, 5) is 14.4. The quantitative estimate of drug-likeness (QED) is 0.686. The molecule has 5 heteroatoms. The summed E-state index contributed by atoms with van der Waals surface area (Å²) in [5.41, 5.74) is 8.17. The van der Waals surface area contributed by atoms with Crippen LogP contribution in [0, 0.1) is 0 Å². The maximum atomic E-state index is 12.6. The second-order valence-corrected chi connectivity index (χ2v) is 5.46. The van der Waals surface area contributed by atoms with Gasteiger partial charge in [0.05, 0.1) is 11.2 Å². The van der Waals surface area contributed by atoms with Crippen LogP contribution in [0.5, 0.6) is 0 Å². The maximum Gasteiger partial charge on any atom is 0.251 e. The molecular weight excluding hydrogens is 300 g/mol. The number of carbonyl (C=O) groups excluding carboxylic acids is 1. The largest absolute Gasteiger partial charge is 0.330 e. The highest BCUT2D eigenvalue weighted by atomic mass is 16.2. The zero-order valence-electron chi connectivity index (χ0n) is 13.4. The average molecular weight is 320 g/mol. The molecule has 122 valence electrons. The van der Waals surface area contributed by atoms with Gasteiger partial charge >= 0.3 is 0 Å². The van der Waals surface area contributed by atoms with Crippen LogP contribution in [0.15, 0.2) is 60.7 Å². The third-order valence-corrected chi connectivity index (χ3v) is 3.80. The number of nitrogens with zero attached hydrogens (tertiary/aromatic N) is 2. The summed E-state index contributed by atoms with van der Waals surface area (Å²) >= 11 is 0.